The predicted molar refractivity (Wildman–Crippen MR) is 110 cm³/mol. The van der Waals surface area contributed by atoms with Gasteiger partial charge in [0.05, 0.1) is 4.92 Å². The van der Waals surface area contributed by atoms with E-state index in [1.807, 2.05) is 0 Å². The second-order valence-electron chi connectivity index (χ2n) is 7.28. The maximum Gasteiger partial charge on any atom is 0.329 e. The number of nitrogens with one attached hydrogen (secondary N) is 2. The molecule has 0 radical (unpaired) electrons. The number of nitrogens with two attached hydrogens (primary N) is 1. The first-order chi connectivity index (χ1) is 14.0. The van der Waals surface area contributed by atoms with E-state index in [4.69, 9.17) is 17.3 Å². The summed E-state index contributed by atoms with van der Waals surface area (Å²) in [7, 11) is 0. The summed E-state index contributed by atoms with van der Waals surface area (Å²) in [5.41, 5.74) is 5.93. The fourth-order valence-corrected chi connectivity index (χ4v) is 3.63. The summed E-state index contributed by atoms with van der Waals surface area (Å²) in [6.07, 6.45) is 5.38. The fourth-order valence-electron chi connectivity index (χ4n) is 3.48. The van der Waals surface area contributed by atoms with E-state index in [1.54, 1.807) is 12.1 Å². The van der Waals surface area contributed by atoms with Crippen molar-refractivity contribution >= 4 is 29.1 Å². The van der Waals surface area contributed by atoms with Gasteiger partial charge in [0.25, 0.3) is 0 Å². The molecule has 10 heteroatoms. The number of anilines is 2. The highest BCUT2D eigenvalue weighted by molar-refractivity contribution is 6.30. The van der Waals surface area contributed by atoms with Crippen LogP contribution in [-0.4, -0.2) is 28.0 Å². The maximum atomic E-state index is 13.9. The first-order valence-corrected chi connectivity index (χ1v) is 9.97. The molecule has 1 fully saturated rings. The van der Waals surface area contributed by atoms with Gasteiger partial charge in [0.1, 0.15) is 12.0 Å². The summed E-state index contributed by atoms with van der Waals surface area (Å²) in [6, 6.07) is 4.37. The Hall–Kier alpha value is -2.52. The van der Waals surface area contributed by atoms with Crippen LogP contribution in [0.15, 0.2) is 24.4 Å². The molecule has 2 aromatic rings. The number of hydrogen-bond donors (Lipinski definition) is 3. The van der Waals surface area contributed by atoms with Crippen LogP contribution in [0.5, 0.6) is 0 Å². The van der Waals surface area contributed by atoms with E-state index in [0.29, 0.717) is 35.5 Å². The van der Waals surface area contributed by atoms with Crippen LogP contribution >= 0.6 is 11.6 Å². The summed E-state index contributed by atoms with van der Waals surface area (Å²) in [6.45, 7) is 1.44. The smallest absolute Gasteiger partial charge is 0.329 e. The van der Waals surface area contributed by atoms with Gasteiger partial charge in [-0.25, -0.2) is 9.37 Å². The number of aromatic nitrogens is 2. The lowest BCUT2D eigenvalue weighted by molar-refractivity contribution is -0.384. The predicted octanol–water partition coefficient (Wildman–Crippen LogP) is 3.97. The minimum Gasteiger partial charge on any atom is -0.364 e. The molecule has 3 rings (SSSR count). The lowest BCUT2D eigenvalue weighted by Crippen LogP contribution is -2.25. The molecule has 0 atom stereocenters. The van der Waals surface area contributed by atoms with E-state index in [2.05, 4.69) is 20.6 Å². The minimum absolute atomic E-state index is 0.128. The van der Waals surface area contributed by atoms with Crippen molar-refractivity contribution in [2.24, 2.45) is 17.6 Å². The van der Waals surface area contributed by atoms with Gasteiger partial charge in [0, 0.05) is 23.7 Å². The lowest BCUT2D eigenvalue weighted by Gasteiger charge is -2.27. The number of rotatable bonds is 8. The molecule has 0 amide bonds. The highest BCUT2D eigenvalue weighted by atomic mass is 35.5. The molecule has 1 aliphatic carbocycles. The number of nitrogens with zero attached hydrogens (tertiary/aromatic N) is 3. The van der Waals surface area contributed by atoms with Crippen LogP contribution in [0.2, 0.25) is 5.02 Å². The average molecular weight is 423 g/mol. The molecule has 1 saturated carbocycles. The van der Waals surface area contributed by atoms with E-state index < -0.39 is 10.7 Å². The molecular formula is C19H24ClFN6O2. The van der Waals surface area contributed by atoms with E-state index in [0.717, 1.165) is 31.9 Å². The van der Waals surface area contributed by atoms with Crippen LogP contribution in [0.3, 0.4) is 0 Å². The Kier molecular flexibility index (Phi) is 7.16. The van der Waals surface area contributed by atoms with Crippen molar-refractivity contribution in [2.75, 3.05) is 23.7 Å². The molecule has 1 aliphatic rings. The topological polar surface area (TPSA) is 119 Å². The van der Waals surface area contributed by atoms with Crippen LogP contribution < -0.4 is 16.4 Å². The van der Waals surface area contributed by atoms with Gasteiger partial charge in [-0.2, -0.15) is 4.98 Å². The van der Waals surface area contributed by atoms with Gasteiger partial charge in [-0.3, -0.25) is 10.1 Å². The summed E-state index contributed by atoms with van der Waals surface area (Å²) in [5, 5.41) is 17.6. The zero-order chi connectivity index (χ0) is 20.8. The van der Waals surface area contributed by atoms with Crippen molar-refractivity contribution in [2.45, 2.75) is 32.2 Å². The van der Waals surface area contributed by atoms with Crippen LogP contribution in [0, 0.1) is 27.8 Å². The third kappa shape index (κ3) is 5.74. The van der Waals surface area contributed by atoms with Crippen molar-refractivity contribution < 1.29 is 9.31 Å². The Morgan fingerprint density at radius 2 is 1.97 bits per heavy atom. The molecule has 4 N–H and O–H groups in total. The van der Waals surface area contributed by atoms with E-state index in [9.17, 15) is 14.5 Å². The molecule has 0 saturated heterocycles. The molecule has 0 bridgehead atoms. The summed E-state index contributed by atoms with van der Waals surface area (Å²) < 4.78 is 13.9. The normalized spacial score (nSPS) is 19.0. The molecule has 156 valence electrons. The summed E-state index contributed by atoms with van der Waals surface area (Å²) in [5.74, 6) is 0.887. The molecule has 1 heterocycles. The molecule has 1 aromatic carbocycles. The molecule has 1 aromatic heterocycles. The number of halogens is 2. The molecule has 0 aliphatic heterocycles. The van der Waals surface area contributed by atoms with Gasteiger partial charge < -0.3 is 16.4 Å². The first-order valence-electron chi connectivity index (χ1n) is 9.59. The largest absolute Gasteiger partial charge is 0.364 e. The number of nitro groups is 1. The molecule has 0 spiro atoms. The standard InChI is InChI=1S/C19H24ClFN6O2/c20-15-6-5-14(16(21)7-15)10-24-19-25-11-17(27(28)29)18(26-19)23-9-13-3-1-12(8-22)2-4-13/h5-7,11-13H,1-4,8-10,22H2,(H2,23,24,25,26). The average Bonchev–Trinajstić information content (AvgIpc) is 2.72. The fraction of sp³-hybridized carbons (Fsp3) is 0.474. The van der Waals surface area contributed by atoms with Gasteiger partial charge in [-0.1, -0.05) is 17.7 Å². The molecule has 8 nitrogen and oxygen atoms in total. The molecule has 29 heavy (non-hydrogen) atoms. The molecular weight excluding hydrogens is 399 g/mol. The third-order valence-electron chi connectivity index (χ3n) is 5.28. The third-order valence-corrected chi connectivity index (χ3v) is 5.51. The van der Waals surface area contributed by atoms with Crippen LogP contribution in [0.4, 0.5) is 21.8 Å². The van der Waals surface area contributed by atoms with Gasteiger partial charge in [0.15, 0.2) is 0 Å². The SMILES string of the molecule is NCC1CCC(CNc2nc(NCc3ccc(Cl)cc3F)ncc2[N+](=O)[O-])CC1. The molecule has 0 unspecified atom stereocenters. The Bertz CT molecular complexity index is 861. The van der Waals surface area contributed by atoms with E-state index in [1.165, 1.54) is 6.07 Å². The van der Waals surface area contributed by atoms with Crippen LogP contribution in [0.25, 0.3) is 0 Å². The highest BCUT2D eigenvalue weighted by Crippen LogP contribution is 2.29. The zero-order valence-electron chi connectivity index (χ0n) is 15.9. The Morgan fingerprint density at radius 1 is 1.24 bits per heavy atom. The van der Waals surface area contributed by atoms with Crippen molar-refractivity contribution in [1.82, 2.24) is 9.97 Å². The van der Waals surface area contributed by atoms with Crippen LogP contribution in [-0.2, 0) is 6.54 Å². The Balaban J connectivity index is 1.65. The maximum absolute atomic E-state index is 13.9. The van der Waals surface area contributed by atoms with Crippen LogP contribution in [0.1, 0.15) is 31.2 Å². The van der Waals surface area contributed by atoms with E-state index >= 15 is 0 Å². The minimum atomic E-state index is -0.518. The summed E-state index contributed by atoms with van der Waals surface area (Å²) in [4.78, 5) is 19.0. The van der Waals surface area contributed by atoms with Gasteiger partial charge >= 0.3 is 5.69 Å². The van der Waals surface area contributed by atoms with Crippen molar-refractivity contribution in [3.05, 3.63) is 50.9 Å². The van der Waals surface area contributed by atoms with Crippen molar-refractivity contribution in [3.8, 4) is 0 Å². The highest BCUT2D eigenvalue weighted by Gasteiger charge is 2.22. The number of benzene rings is 1. The zero-order valence-corrected chi connectivity index (χ0v) is 16.7. The first kappa shape index (κ1) is 21.2. The Morgan fingerprint density at radius 3 is 2.62 bits per heavy atom. The quantitative estimate of drug-likeness (QED) is 0.435. The van der Waals surface area contributed by atoms with Gasteiger partial charge in [0.2, 0.25) is 11.8 Å². The number of hydrogen-bond acceptors (Lipinski definition) is 7. The van der Waals surface area contributed by atoms with Gasteiger partial charge in [-0.15, -0.1) is 0 Å². The monoisotopic (exact) mass is 422 g/mol. The second kappa shape index (κ2) is 9.80. The summed E-state index contributed by atoms with van der Waals surface area (Å²) >= 11 is 5.75. The van der Waals surface area contributed by atoms with Crippen molar-refractivity contribution in [1.29, 1.82) is 0 Å². The second-order valence-corrected chi connectivity index (χ2v) is 7.71. The van der Waals surface area contributed by atoms with E-state index in [-0.39, 0.29) is 24.0 Å². The lowest BCUT2D eigenvalue weighted by atomic mass is 9.82. The van der Waals surface area contributed by atoms with Gasteiger partial charge in [-0.05, 0) is 56.2 Å². The van der Waals surface area contributed by atoms with Crippen molar-refractivity contribution in [3.63, 3.8) is 0 Å². The Labute approximate surface area is 173 Å².